The van der Waals surface area contributed by atoms with Gasteiger partial charge < -0.3 is 25.0 Å². The van der Waals surface area contributed by atoms with Gasteiger partial charge in [0.15, 0.2) is 0 Å². The molecule has 3 N–H and O–H groups in total. The molecule has 3 heterocycles. The highest BCUT2D eigenvalue weighted by molar-refractivity contribution is 7.91. The first-order valence-electron chi connectivity index (χ1n) is 20.2. The van der Waals surface area contributed by atoms with Crippen molar-refractivity contribution in [3.63, 3.8) is 0 Å². The highest BCUT2D eigenvalue weighted by atomic mass is 32.2. The molecule has 0 unspecified atom stereocenters. The van der Waals surface area contributed by atoms with Crippen LogP contribution in [0, 0.1) is 5.92 Å². The molecule has 300 valence electrons. The molecular formula is C44H51N5O7S. The van der Waals surface area contributed by atoms with Crippen LogP contribution in [-0.4, -0.2) is 78.2 Å². The van der Waals surface area contributed by atoms with E-state index >= 15 is 0 Å². The zero-order chi connectivity index (χ0) is 39.8. The van der Waals surface area contributed by atoms with Crippen LogP contribution in [-0.2, 0) is 24.4 Å². The van der Waals surface area contributed by atoms with E-state index in [1.807, 2.05) is 84.9 Å². The number of sulfonamides is 1. The lowest BCUT2D eigenvalue weighted by Crippen LogP contribution is -2.58. The van der Waals surface area contributed by atoms with Gasteiger partial charge in [0, 0.05) is 35.2 Å². The molecule has 2 aliphatic carbocycles. The van der Waals surface area contributed by atoms with E-state index in [9.17, 15) is 22.8 Å². The maximum atomic E-state index is 14.8. The number of carbonyl (C=O) groups excluding carboxylic acids is 3. The standard InChI is InChI=1S/C44H51N5O7S/c1-43(22-23-43)57(53,54)48-42(52)44-27-30(44)16-10-4-3-5-13-19-35(45-31-17-11-7-12-18-31)41(51)49-28-33(25-38(49)40(50)47-44)56-39-26-36(29-14-8-6-9-15-29)46-37-24-32(55-2)20-21-34(37)39/h6-9,11-12,14-15,17-18,20-21,24,26,30,33,35,38,45H,3-5,10,13,16,19,22-23,25,27-28H2,1-2H3,(H,47,50)(H,48,52)/t30-,33-,35+,38+,44-/m1/s1. The molecule has 12 nitrogen and oxygen atoms in total. The summed E-state index contributed by atoms with van der Waals surface area (Å²) in [4.78, 5) is 50.0. The summed E-state index contributed by atoms with van der Waals surface area (Å²) in [5.74, 6) is -0.437. The van der Waals surface area contributed by atoms with Crippen LogP contribution in [0.3, 0.4) is 0 Å². The van der Waals surface area contributed by atoms with Crippen molar-refractivity contribution < 1.29 is 32.3 Å². The zero-order valence-electron chi connectivity index (χ0n) is 32.5. The minimum atomic E-state index is -3.94. The number of hydrogen-bond acceptors (Lipinski definition) is 9. The molecule has 2 saturated carbocycles. The molecule has 57 heavy (non-hydrogen) atoms. The predicted octanol–water partition coefficient (Wildman–Crippen LogP) is 6.36. The van der Waals surface area contributed by atoms with Gasteiger partial charge >= 0.3 is 0 Å². The summed E-state index contributed by atoms with van der Waals surface area (Å²) in [7, 11) is -2.34. The second-order valence-corrected chi connectivity index (χ2v) is 18.6. The van der Waals surface area contributed by atoms with Crippen molar-refractivity contribution in [1.82, 2.24) is 19.9 Å². The average Bonchev–Trinajstić information content (AvgIpc) is 4.10. The number of rotatable bonds is 9. The van der Waals surface area contributed by atoms with E-state index in [4.69, 9.17) is 14.5 Å². The molecule has 1 aromatic heterocycles. The SMILES string of the molecule is COc1ccc2c(O[C@@H]3C[C@H]4C(=O)N[C@]5(C(=O)NS(=O)(=O)C6(C)CC6)C[C@H]5CCCCCCC[C@H](Nc5ccccc5)C(=O)N4C3)cc(-c3ccccc3)nc2c1. The molecule has 4 aliphatic rings. The largest absolute Gasteiger partial charge is 0.497 e. The number of ether oxygens (including phenoxy) is 2. The van der Waals surface area contributed by atoms with Crippen molar-refractivity contribution in [2.75, 3.05) is 19.0 Å². The second-order valence-electron chi connectivity index (χ2n) is 16.4. The van der Waals surface area contributed by atoms with E-state index in [-0.39, 0.29) is 24.8 Å². The predicted molar refractivity (Wildman–Crippen MR) is 218 cm³/mol. The number of hydrogen-bond donors (Lipinski definition) is 3. The number of fused-ring (bicyclic) bond motifs is 3. The normalized spacial score (nSPS) is 26.2. The number of carbonyl (C=O) groups is 3. The molecule has 0 radical (unpaired) electrons. The van der Waals surface area contributed by atoms with E-state index in [0.29, 0.717) is 54.8 Å². The molecule has 13 heteroatoms. The molecule has 0 spiro atoms. The average molecular weight is 794 g/mol. The molecule has 3 aromatic carbocycles. The quantitative estimate of drug-likeness (QED) is 0.176. The Balaban J connectivity index is 1.13. The minimum Gasteiger partial charge on any atom is -0.497 e. The fourth-order valence-electron chi connectivity index (χ4n) is 8.43. The van der Waals surface area contributed by atoms with E-state index in [1.54, 1.807) is 18.9 Å². The molecule has 2 aliphatic heterocycles. The Bertz CT molecular complexity index is 2250. The van der Waals surface area contributed by atoms with Gasteiger partial charge in [-0.2, -0.15) is 0 Å². The second kappa shape index (κ2) is 15.6. The summed E-state index contributed by atoms with van der Waals surface area (Å²) in [6, 6.07) is 25.2. The third-order valence-electron chi connectivity index (χ3n) is 12.3. The topological polar surface area (TPSA) is 156 Å². The van der Waals surface area contributed by atoms with E-state index < -0.39 is 50.3 Å². The van der Waals surface area contributed by atoms with Crippen molar-refractivity contribution in [1.29, 1.82) is 0 Å². The minimum absolute atomic E-state index is 0.125. The van der Waals surface area contributed by atoms with E-state index in [0.717, 1.165) is 48.7 Å². The number of nitrogens with zero attached hydrogens (tertiary/aromatic N) is 2. The molecule has 3 amide bonds. The number of amides is 3. The Morgan fingerprint density at radius 1 is 0.912 bits per heavy atom. The number of pyridine rings is 1. The van der Waals surface area contributed by atoms with Crippen LogP contribution in [0.2, 0.25) is 0 Å². The maximum absolute atomic E-state index is 14.8. The summed E-state index contributed by atoms with van der Waals surface area (Å²) in [6.45, 7) is 1.76. The van der Waals surface area contributed by atoms with Crippen LogP contribution in [0.25, 0.3) is 22.2 Å². The Morgan fingerprint density at radius 2 is 1.61 bits per heavy atom. The fourth-order valence-corrected chi connectivity index (χ4v) is 9.74. The smallest absolute Gasteiger partial charge is 0.259 e. The van der Waals surface area contributed by atoms with Gasteiger partial charge in [0.2, 0.25) is 21.8 Å². The van der Waals surface area contributed by atoms with Crippen LogP contribution in [0.1, 0.15) is 77.6 Å². The third-order valence-corrected chi connectivity index (χ3v) is 14.5. The van der Waals surface area contributed by atoms with Crippen LogP contribution in [0.5, 0.6) is 11.5 Å². The van der Waals surface area contributed by atoms with Gasteiger partial charge in [0.05, 0.1) is 29.6 Å². The number of para-hydroxylation sites is 1. The van der Waals surface area contributed by atoms with E-state index in [1.165, 1.54) is 0 Å². The highest BCUT2D eigenvalue weighted by Crippen LogP contribution is 2.49. The summed E-state index contributed by atoms with van der Waals surface area (Å²) in [6.07, 6.45) is 6.65. The molecule has 8 rings (SSSR count). The molecule has 0 bridgehead atoms. The van der Waals surface area contributed by atoms with Gasteiger partial charge in [0.1, 0.15) is 35.2 Å². The zero-order valence-corrected chi connectivity index (χ0v) is 33.4. The molecule has 4 fully saturated rings. The van der Waals surface area contributed by atoms with E-state index in [2.05, 4.69) is 15.4 Å². The van der Waals surface area contributed by atoms with Crippen LogP contribution in [0.15, 0.2) is 84.9 Å². The number of nitrogens with one attached hydrogen (secondary N) is 3. The van der Waals surface area contributed by atoms with Crippen molar-refractivity contribution in [2.24, 2.45) is 5.92 Å². The van der Waals surface area contributed by atoms with Crippen LogP contribution < -0.4 is 24.8 Å². The van der Waals surface area contributed by atoms with Crippen LogP contribution >= 0.6 is 0 Å². The molecule has 4 aromatic rings. The maximum Gasteiger partial charge on any atom is 0.259 e. The lowest BCUT2D eigenvalue weighted by molar-refractivity contribution is -0.140. The van der Waals surface area contributed by atoms with Gasteiger partial charge in [-0.05, 0) is 69.2 Å². The lowest BCUT2D eigenvalue weighted by atomic mass is 10.0. The first-order chi connectivity index (χ1) is 27.5. The lowest BCUT2D eigenvalue weighted by Gasteiger charge is -2.30. The van der Waals surface area contributed by atoms with Crippen molar-refractivity contribution in [2.45, 2.75) is 106 Å². The van der Waals surface area contributed by atoms with Crippen molar-refractivity contribution >= 4 is 44.3 Å². The van der Waals surface area contributed by atoms with Gasteiger partial charge in [-0.25, -0.2) is 13.4 Å². The number of methoxy groups -OCH3 is 1. The monoisotopic (exact) mass is 793 g/mol. The first kappa shape index (κ1) is 38.7. The number of benzene rings is 3. The summed E-state index contributed by atoms with van der Waals surface area (Å²) >= 11 is 0. The summed E-state index contributed by atoms with van der Waals surface area (Å²) in [5.41, 5.74) is 1.69. The fraction of sp³-hybridized carbons (Fsp3) is 0.455. The third kappa shape index (κ3) is 8.03. The van der Waals surface area contributed by atoms with Gasteiger partial charge in [-0.3, -0.25) is 19.1 Å². The summed E-state index contributed by atoms with van der Waals surface area (Å²) < 4.78 is 40.2. The Labute approximate surface area is 334 Å². The molecular weight excluding hydrogens is 743 g/mol. The molecule has 2 saturated heterocycles. The molecule has 5 atom stereocenters. The van der Waals surface area contributed by atoms with Gasteiger partial charge in [0.25, 0.3) is 5.91 Å². The number of anilines is 1. The van der Waals surface area contributed by atoms with Crippen LogP contribution in [0.4, 0.5) is 5.69 Å². The Hall–Kier alpha value is -5.17. The summed E-state index contributed by atoms with van der Waals surface area (Å²) in [5, 5.41) is 7.24. The Morgan fingerprint density at radius 3 is 2.33 bits per heavy atom. The number of aromatic nitrogens is 1. The van der Waals surface area contributed by atoms with Gasteiger partial charge in [-0.15, -0.1) is 0 Å². The first-order valence-corrected chi connectivity index (χ1v) is 21.7. The van der Waals surface area contributed by atoms with Crippen molar-refractivity contribution in [3.05, 3.63) is 84.9 Å². The Kier molecular flexibility index (Phi) is 10.6. The van der Waals surface area contributed by atoms with Gasteiger partial charge in [-0.1, -0.05) is 80.6 Å². The van der Waals surface area contributed by atoms with Crippen molar-refractivity contribution in [3.8, 4) is 22.8 Å². The highest BCUT2D eigenvalue weighted by Gasteiger charge is 2.63.